The molecule has 0 fully saturated rings. The molecule has 0 spiro atoms. The van der Waals surface area contributed by atoms with Crippen molar-refractivity contribution in [3.63, 3.8) is 0 Å². The summed E-state index contributed by atoms with van der Waals surface area (Å²) in [5.41, 5.74) is 5.97. The van der Waals surface area contributed by atoms with Crippen LogP contribution in [0, 0.1) is 0 Å². The van der Waals surface area contributed by atoms with E-state index < -0.39 is 10.0 Å². The summed E-state index contributed by atoms with van der Waals surface area (Å²) in [5, 5.41) is 9.08. The molecule has 0 heterocycles. The average Bonchev–Trinajstić information content (AvgIpc) is 2.34. The molecule has 0 aromatic heterocycles. The van der Waals surface area contributed by atoms with Crippen molar-refractivity contribution < 1.29 is 13.5 Å². The molecular formula is C11H16BrClN2O3S. The highest BCUT2D eigenvalue weighted by Crippen LogP contribution is 2.33. The number of hydrogen-bond donors (Lipinski definition) is 2. The highest BCUT2D eigenvalue weighted by molar-refractivity contribution is 9.10. The lowest BCUT2D eigenvalue weighted by Crippen LogP contribution is -2.32. The van der Waals surface area contributed by atoms with E-state index in [2.05, 4.69) is 15.9 Å². The van der Waals surface area contributed by atoms with Gasteiger partial charge in [0.1, 0.15) is 0 Å². The third-order valence-electron chi connectivity index (χ3n) is 2.57. The maximum absolute atomic E-state index is 12.5. The summed E-state index contributed by atoms with van der Waals surface area (Å²) in [6, 6.07) is 2.84. The summed E-state index contributed by atoms with van der Waals surface area (Å²) in [6.45, 7) is 2.22. The fourth-order valence-corrected chi connectivity index (χ4v) is 4.35. The van der Waals surface area contributed by atoms with Gasteiger partial charge in [-0.25, -0.2) is 8.42 Å². The molecule has 0 saturated carbocycles. The van der Waals surface area contributed by atoms with E-state index in [1.54, 1.807) is 6.92 Å². The molecule has 0 atom stereocenters. The molecule has 0 aliphatic carbocycles. The van der Waals surface area contributed by atoms with Gasteiger partial charge in [0.15, 0.2) is 0 Å². The van der Waals surface area contributed by atoms with Crippen molar-refractivity contribution in [1.29, 1.82) is 0 Å². The molecule has 3 N–H and O–H groups in total. The minimum absolute atomic E-state index is 0.0392. The maximum Gasteiger partial charge on any atom is 0.244 e. The number of anilines is 1. The van der Waals surface area contributed by atoms with Crippen molar-refractivity contribution in [2.24, 2.45) is 0 Å². The van der Waals surface area contributed by atoms with E-state index in [1.807, 2.05) is 0 Å². The molecule has 0 radical (unpaired) electrons. The predicted octanol–water partition coefficient (Wildman–Crippen LogP) is 2.08. The number of hydrogen-bond acceptors (Lipinski definition) is 4. The molecule has 108 valence electrons. The summed E-state index contributed by atoms with van der Waals surface area (Å²) < 4.78 is 26.6. The van der Waals surface area contributed by atoms with Gasteiger partial charge >= 0.3 is 0 Å². The van der Waals surface area contributed by atoms with Gasteiger partial charge in [0.2, 0.25) is 10.0 Å². The van der Waals surface area contributed by atoms with Crippen LogP contribution >= 0.6 is 27.5 Å². The SMILES string of the molecule is CCN(CCCO)S(=O)(=O)c1cc(Cl)cc(N)c1Br. The zero-order valence-corrected chi connectivity index (χ0v) is 13.6. The Morgan fingerprint density at radius 1 is 1.47 bits per heavy atom. The van der Waals surface area contributed by atoms with Crippen molar-refractivity contribution >= 4 is 43.2 Å². The Bertz CT molecular complexity index is 551. The van der Waals surface area contributed by atoms with Crippen LogP contribution in [0.15, 0.2) is 21.5 Å². The van der Waals surface area contributed by atoms with E-state index in [1.165, 1.54) is 16.4 Å². The van der Waals surface area contributed by atoms with Crippen molar-refractivity contribution in [3.05, 3.63) is 21.6 Å². The van der Waals surface area contributed by atoms with Gasteiger partial charge in [0.05, 0.1) is 9.37 Å². The molecule has 0 aliphatic heterocycles. The van der Waals surface area contributed by atoms with E-state index in [0.717, 1.165) is 0 Å². The highest BCUT2D eigenvalue weighted by Gasteiger charge is 2.26. The van der Waals surface area contributed by atoms with Crippen LogP contribution in [-0.2, 0) is 10.0 Å². The van der Waals surface area contributed by atoms with Crippen LogP contribution in [0.5, 0.6) is 0 Å². The van der Waals surface area contributed by atoms with E-state index in [-0.39, 0.29) is 28.8 Å². The molecule has 0 bridgehead atoms. The van der Waals surface area contributed by atoms with Gasteiger partial charge in [0.25, 0.3) is 0 Å². The van der Waals surface area contributed by atoms with Crippen LogP contribution in [0.3, 0.4) is 0 Å². The second-order valence-electron chi connectivity index (χ2n) is 3.88. The van der Waals surface area contributed by atoms with Crippen LogP contribution in [0.25, 0.3) is 0 Å². The molecule has 0 aliphatic rings. The third-order valence-corrected chi connectivity index (χ3v) is 5.93. The van der Waals surface area contributed by atoms with Crippen LogP contribution in [-0.4, -0.2) is 37.5 Å². The van der Waals surface area contributed by atoms with E-state index in [9.17, 15) is 8.42 Å². The van der Waals surface area contributed by atoms with Gasteiger partial charge in [-0.3, -0.25) is 0 Å². The molecular weight excluding hydrogens is 356 g/mol. The number of halogens is 2. The summed E-state index contributed by atoms with van der Waals surface area (Å²) >= 11 is 9.03. The van der Waals surface area contributed by atoms with Gasteiger partial charge < -0.3 is 10.8 Å². The predicted molar refractivity (Wildman–Crippen MR) is 79.7 cm³/mol. The van der Waals surface area contributed by atoms with Crippen molar-refractivity contribution in [2.75, 3.05) is 25.4 Å². The molecule has 0 amide bonds. The van der Waals surface area contributed by atoms with Gasteiger partial charge in [0, 0.05) is 30.4 Å². The Morgan fingerprint density at radius 3 is 2.63 bits per heavy atom. The first-order valence-corrected chi connectivity index (χ1v) is 8.31. The molecule has 0 saturated heterocycles. The summed E-state index contributed by atoms with van der Waals surface area (Å²) in [5.74, 6) is 0. The highest BCUT2D eigenvalue weighted by atomic mass is 79.9. The average molecular weight is 372 g/mol. The molecule has 1 aromatic carbocycles. The molecule has 19 heavy (non-hydrogen) atoms. The smallest absolute Gasteiger partial charge is 0.244 e. The van der Waals surface area contributed by atoms with E-state index in [4.69, 9.17) is 22.4 Å². The number of aliphatic hydroxyl groups is 1. The lowest BCUT2D eigenvalue weighted by molar-refractivity contribution is 0.271. The number of nitrogens with two attached hydrogens (primary N) is 1. The topological polar surface area (TPSA) is 83.6 Å². The first-order valence-electron chi connectivity index (χ1n) is 5.70. The molecule has 1 aromatic rings. The monoisotopic (exact) mass is 370 g/mol. The van der Waals surface area contributed by atoms with Crippen molar-refractivity contribution in [1.82, 2.24) is 4.31 Å². The molecule has 0 unspecified atom stereocenters. The quantitative estimate of drug-likeness (QED) is 0.750. The largest absolute Gasteiger partial charge is 0.398 e. The number of sulfonamides is 1. The second kappa shape index (κ2) is 6.90. The molecule has 1 rings (SSSR count). The minimum Gasteiger partial charge on any atom is -0.398 e. The maximum atomic E-state index is 12.5. The van der Waals surface area contributed by atoms with Gasteiger partial charge in [-0.1, -0.05) is 18.5 Å². The summed E-state index contributed by atoms with van der Waals surface area (Å²) in [6.07, 6.45) is 0.376. The summed E-state index contributed by atoms with van der Waals surface area (Å²) in [4.78, 5) is 0.0392. The number of nitrogen functional groups attached to an aromatic ring is 1. The Morgan fingerprint density at radius 2 is 2.11 bits per heavy atom. The van der Waals surface area contributed by atoms with Gasteiger partial charge in [-0.05, 0) is 34.5 Å². The van der Waals surface area contributed by atoms with Crippen molar-refractivity contribution in [3.8, 4) is 0 Å². The number of nitrogens with zero attached hydrogens (tertiary/aromatic N) is 1. The lowest BCUT2D eigenvalue weighted by Gasteiger charge is -2.21. The van der Waals surface area contributed by atoms with Crippen LogP contribution < -0.4 is 5.73 Å². The van der Waals surface area contributed by atoms with Crippen molar-refractivity contribution in [2.45, 2.75) is 18.2 Å². The fourth-order valence-electron chi connectivity index (χ4n) is 1.61. The third kappa shape index (κ3) is 3.82. The number of rotatable bonds is 6. The Hall–Kier alpha value is -0.340. The Balaban J connectivity index is 3.25. The standard InChI is InChI=1S/C11H16BrClN2O3S/c1-2-15(4-3-5-16)19(17,18)10-7-8(13)6-9(14)11(10)12/h6-7,16H,2-5,14H2,1H3. The fraction of sp³-hybridized carbons (Fsp3) is 0.455. The van der Waals surface area contributed by atoms with E-state index >= 15 is 0 Å². The second-order valence-corrected chi connectivity index (χ2v) is 7.02. The zero-order chi connectivity index (χ0) is 14.6. The summed E-state index contributed by atoms with van der Waals surface area (Å²) in [7, 11) is -3.69. The van der Waals surface area contributed by atoms with Gasteiger partial charge in [-0.15, -0.1) is 0 Å². The first-order chi connectivity index (χ1) is 8.84. The number of aliphatic hydroxyl groups excluding tert-OH is 1. The van der Waals surface area contributed by atoms with Crippen LogP contribution in [0.1, 0.15) is 13.3 Å². The first kappa shape index (κ1) is 16.7. The van der Waals surface area contributed by atoms with Crippen LogP contribution in [0.4, 0.5) is 5.69 Å². The minimum atomic E-state index is -3.69. The van der Waals surface area contributed by atoms with Crippen LogP contribution in [0.2, 0.25) is 5.02 Å². The molecule has 8 heteroatoms. The Kier molecular flexibility index (Phi) is 6.07. The Labute approximate surface area is 126 Å². The number of benzene rings is 1. The lowest BCUT2D eigenvalue weighted by atomic mass is 10.3. The van der Waals surface area contributed by atoms with E-state index in [0.29, 0.717) is 17.4 Å². The molecule has 5 nitrogen and oxygen atoms in total. The zero-order valence-electron chi connectivity index (χ0n) is 10.4. The van der Waals surface area contributed by atoms with Gasteiger partial charge in [-0.2, -0.15) is 4.31 Å². The normalized spacial score (nSPS) is 12.1.